The summed E-state index contributed by atoms with van der Waals surface area (Å²) in [6.07, 6.45) is 1.37. The standard InChI is InChI=1S/C15H19ClN2O5S/c1-4-7-17-24(21,22)13-8-11(5-6-12(13)16)15(20)23-9-14(19)18-10(2)3/h4-6,8,10,17H,1,7,9H2,2-3H3,(H,18,19). The van der Waals surface area contributed by atoms with Gasteiger partial charge < -0.3 is 10.1 Å². The van der Waals surface area contributed by atoms with Crippen molar-refractivity contribution in [2.45, 2.75) is 24.8 Å². The molecule has 1 amide bonds. The summed E-state index contributed by atoms with van der Waals surface area (Å²) in [6.45, 7) is 6.51. The van der Waals surface area contributed by atoms with Gasteiger partial charge in [0.1, 0.15) is 4.90 Å². The Bertz CT molecular complexity index is 731. The van der Waals surface area contributed by atoms with Crippen LogP contribution in [-0.2, 0) is 19.6 Å². The third kappa shape index (κ3) is 5.95. The largest absolute Gasteiger partial charge is 0.452 e. The molecule has 0 unspecified atom stereocenters. The maximum absolute atomic E-state index is 12.1. The van der Waals surface area contributed by atoms with Crippen molar-refractivity contribution in [2.24, 2.45) is 0 Å². The average molecular weight is 375 g/mol. The Balaban J connectivity index is 2.90. The first-order chi connectivity index (χ1) is 11.2. The third-order valence-corrected chi connectivity index (χ3v) is 4.56. The number of esters is 1. The molecule has 2 N–H and O–H groups in total. The van der Waals surface area contributed by atoms with Crippen molar-refractivity contribution in [3.05, 3.63) is 41.4 Å². The normalized spacial score (nSPS) is 11.2. The highest BCUT2D eigenvalue weighted by Gasteiger charge is 2.20. The Morgan fingerprint density at radius 3 is 2.62 bits per heavy atom. The molecule has 1 aromatic carbocycles. The van der Waals surface area contributed by atoms with Crippen molar-refractivity contribution >= 4 is 33.5 Å². The van der Waals surface area contributed by atoms with Crippen molar-refractivity contribution in [2.75, 3.05) is 13.2 Å². The van der Waals surface area contributed by atoms with Crippen LogP contribution in [0.5, 0.6) is 0 Å². The van der Waals surface area contributed by atoms with E-state index in [2.05, 4.69) is 16.6 Å². The van der Waals surface area contributed by atoms with Gasteiger partial charge >= 0.3 is 5.97 Å². The lowest BCUT2D eigenvalue weighted by atomic mass is 10.2. The monoisotopic (exact) mass is 374 g/mol. The van der Waals surface area contributed by atoms with E-state index >= 15 is 0 Å². The number of benzene rings is 1. The average Bonchev–Trinajstić information content (AvgIpc) is 2.50. The Morgan fingerprint density at radius 1 is 1.38 bits per heavy atom. The van der Waals surface area contributed by atoms with Crippen LogP contribution in [0.25, 0.3) is 0 Å². The smallest absolute Gasteiger partial charge is 0.338 e. The van der Waals surface area contributed by atoms with E-state index in [-0.39, 0.29) is 28.1 Å². The van der Waals surface area contributed by atoms with Crippen LogP contribution in [0.1, 0.15) is 24.2 Å². The zero-order chi connectivity index (χ0) is 18.3. The highest BCUT2D eigenvalue weighted by Crippen LogP contribution is 2.23. The molecule has 24 heavy (non-hydrogen) atoms. The van der Waals surface area contributed by atoms with Gasteiger partial charge in [-0.25, -0.2) is 17.9 Å². The van der Waals surface area contributed by atoms with Crippen LogP contribution in [0.15, 0.2) is 35.7 Å². The fraction of sp³-hybridized carbons (Fsp3) is 0.333. The first-order valence-corrected chi connectivity index (χ1v) is 8.90. The molecule has 0 aliphatic heterocycles. The molecule has 1 aromatic rings. The number of ether oxygens (including phenoxy) is 1. The first-order valence-electron chi connectivity index (χ1n) is 7.04. The Labute approximate surface area is 146 Å². The Hall–Kier alpha value is -1.90. The van der Waals surface area contributed by atoms with Crippen molar-refractivity contribution < 1.29 is 22.7 Å². The molecule has 0 aliphatic carbocycles. The van der Waals surface area contributed by atoms with Crippen LogP contribution in [0.2, 0.25) is 5.02 Å². The second-order valence-corrected chi connectivity index (χ2v) is 7.23. The highest BCUT2D eigenvalue weighted by molar-refractivity contribution is 7.89. The zero-order valence-corrected chi connectivity index (χ0v) is 14.9. The molecule has 0 spiro atoms. The van der Waals surface area contributed by atoms with E-state index in [0.29, 0.717) is 0 Å². The summed E-state index contributed by atoms with van der Waals surface area (Å²) in [4.78, 5) is 23.2. The van der Waals surface area contributed by atoms with E-state index < -0.39 is 28.5 Å². The highest BCUT2D eigenvalue weighted by atomic mass is 35.5. The van der Waals surface area contributed by atoms with Gasteiger partial charge in [0.05, 0.1) is 10.6 Å². The predicted molar refractivity (Wildman–Crippen MR) is 90.4 cm³/mol. The van der Waals surface area contributed by atoms with Crippen molar-refractivity contribution in [1.29, 1.82) is 0 Å². The van der Waals surface area contributed by atoms with E-state index in [1.165, 1.54) is 18.2 Å². The number of hydrogen-bond donors (Lipinski definition) is 2. The van der Waals surface area contributed by atoms with Gasteiger partial charge in [-0.3, -0.25) is 4.79 Å². The van der Waals surface area contributed by atoms with Crippen molar-refractivity contribution in [1.82, 2.24) is 10.0 Å². The van der Waals surface area contributed by atoms with Crippen LogP contribution in [0.3, 0.4) is 0 Å². The quantitative estimate of drug-likeness (QED) is 0.530. The molecule has 0 aliphatic rings. The Morgan fingerprint density at radius 2 is 2.04 bits per heavy atom. The van der Waals surface area contributed by atoms with Gasteiger partial charge in [0.15, 0.2) is 6.61 Å². The van der Waals surface area contributed by atoms with E-state index in [0.717, 1.165) is 6.07 Å². The van der Waals surface area contributed by atoms with E-state index in [1.807, 2.05) is 0 Å². The van der Waals surface area contributed by atoms with E-state index in [4.69, 9.17) is 16.3 Å². The molecule has 0 aromatic heterocycles. The lowest BCUT2D eigenvalue weighted by Crippen LogP contribution is -2.34. The first kappa shape index (κ1) is 20.1. The third-order valence-electron chi connectivity index (χ3n) is 2.66. The second kappa shape index (κ2) is 8.81. The minimum absolute atomic E-state index is 0.0166. The molecule has 0 heterocycles. The molecular formula is C15H19ClN2O5S. The molecule has 0 fully saturated rings. The van der Waals surface area contributed by atoms with Crippen LogP contribution in [0.4, 0.5) is 0 Å². The molecular weight excluding hydrogens is 356 g/mol. The van der Waals surface area contributed by atoms with Crippen molar-refractivity contribution in [3.63, 3.8) is 0 Å². The number of carbonyl (C=O) groups excluding carboxylic acids is 2. The number of rotatable bonds is 8. The molecule has 7 nitrogen and oxygen atoms in total. The minimum Gasteiger partial charge on any atom is -0.452 e. The summed E-state index contributed by atoms with van der Waals surface area (Å²) in [5.41, 5.74) is -0.0317. The van der Waals surface area contributed by atoms with E-state index in [1.54, 1.807) is 13.8 Å². The van der Waals surface area contributed by atoms with Gasteiger partial charge in [0.25, 0.3) is 5.91 Å². The minimum atomic E-state index is -3.90. The maximum atomic E-state index is 12.1. The summed E-state index contributed by atoms with van der Waals surface area (Å²) in [5, 5.41) is 2.52. The number of halogens is 1. The predicted octanol–water partition coefficient (Wildman–Crippen LogP) is 1.49. The number of nitrogens with one attached hydrogen (secondary N) is 2. The fourth-order valence-corrected chi connectivity index (χ4v) is 3.18. The molecule has 0 bridgehead atoms. The molecule has 1 rings (SSSR count). The number of carbonyl (C=O) groups is 2. The van der Waals surface area contributed by atoms with Crippen LogP contribution in [-0.4, -0.2) is 39.5 Å². The van der Waals surface area contributed by atoms with Gasteiger partial charge in [-0.1, -0.05) is 17.7 Å². The maximum Gasteiger partial charge on any atom is 0.338 e. The fourth-order valence-electron chi connectivity index (χ4n) is 1.66. The molecule has 9 heteroatoms. The number of hydrogen-bond acceptors (Lipinski definition) is 5. The topological polar surface area (TPSA) is 102 Å². The van der Waals surface area contributed by atoms with Crippen molar-refractivity contribution in [3.8, 4) is 0 Å². The number of amides is 1. The van der Waals surface area contributed by atoms with Gasteiger partial charge in [-0.2, -0.15) is 0 Å². The SMILES string of the molecule is C=CCNS(=O)(=O)c1cc(C(=O)OCC(=O)NC(C)C)ccc1Cl. The lowest BCUT2D eigenvalue weighted by Gasteiger charge is -2.10. The van der Waals surface area contributed by atoms with Gasteiger partial charge in [0.2, 0.25) is 10.0 Å². The molecule has 0 atom stereocenters. The summed E-state index contributed by atoms with van der Waals surface area (Å²) in [6, 6.07) is 3.60. The molecule has 0 radical (unpaired) electrons. The lowest BCUT2D eigenvalue weighted by molar-refractivity contribution is -0.124. The second-order valence-electron chi connectivity index (χ2n) is 5.08. The zero-order valence-electron chi connectivity index (χ0n) is 13.3. The van der Waals surface area contributed by atoms with E-state index in [9.17, 15) is 18.0 Å². The van der Waals surface area contributed by atoms with Crippen LogP contribution < -0.4 is 10.0 Å². The molecule has 0 saturated carbocycles. The molecule has 0 saturated heterocycles. The van der Waals surface area contributed by atoms with Gasteiger partial charge in [0, 0.05) is 12.6 Å². The van der Waals surface area contributed by atoms with Gasteiger partial charge in [-0.05, 0) is 32.0 Å². The molecule has 132 valence electrons. The summed E-state index contributed by atoms with van der Waals surface area (Å²) in [5.74, 6) is -1.28. The van der Waals surface area contributed by atoms with Gasteiger partial charge in [-0.15, -0.1) is 6.58 Å². The summed E-state index contributed by atoms with van der Waals surface area (Å²) >= 11 is 5.89. The number of sulfonamides is 1. The van der Waals surface area contributed by atoms with Crippen LogP contribution in [0, 0.1) is 0 Å². The Kier molecular flexibility index (Phi) is 7.40. The van der Waals surface area contributed by atoms with Crippen LogP contribution >= 0.6 is 11.6 Å². The summed E-state index contributed by atoms with van der Waals surface area (Å²) in [7, 11) is -3.90. The summed E-state index contributed by atoms with van der Waals surface area (Å²) < 4.78 is 31.3.